The summed E-state index contributed by atoms with van der Waals surface area (Å²) in [4.78, 5) is 13.7. The first-order valence-corrected chi connectivity index (χ1v) is 7.31. The number of anilines is 1. The Morgan fingerprint density at radius 3 is 2.89 bits per heavy atom. The number of ether oxygens (including phenoxy) is 1. The van der Waals surface area contributed by atoms with Gasteiger partial charge in [0.1, 0.15) is 5.75 Å². The fourth-order valence-corrected chi connectivity index (χ4v) is 3.17. The van der Waals surface area contributed by atoms with E-state index >= 15 is 0 Å². The van der Waals surface area contributed by atoms with Crippen molar-refractivity contribution in [2.75, 3.05) is 24.3 Å². The van der Waals surface area contributed by atoms with Crippen LogP contribution in [0.5, 0.6) is 5.75 Å². The van der Waals surface area contributed by atoms with Gasteiger partial charge in [0.15, 0.2) is 0 Å². The van der Waals surface area contributed by atoms with Crippen molar-refractivity contribution in [3.8, 4) is 5.75 Å². The molecule has 3 nitrogen and oxygen atoms in total. The number of carbonyl (C=O) groups excluding carboxylic acids is 1. The standard InChI is InChI=1S/C12H13BrClNO2S/c1-17-11-4-10(9(14)3-8(11)13)15-5-7(6-18)2-12(15)16/h3-4,7,18H,2,5-6H2,1H3. The van der Waals surface area contributed by atoms with Gasteiger partial charge in [0.05, 0.1) is 22.3 Å². The molecule has 0 saturated carbocycles. The lowest BCUT2D eigenvalue weighted by Gasteiger charge is -2.19. The molecule has 0 bridgehead atoms. The van der Waals surface area contributed by atoms with Gasteiger partial charge in [-0.05, 0) is 33.7 Å². The summed E-state index contributed by atoms with van der Waals surface area (Å²) in [5, 5.41) is 0.538. The number of thiol groups is 1. The summed E-state index contributed by atoms with van der Waals surface area (Å²) in [5.74, 6) is 1.73. The molecule has 1 aliphatic rings. The zero-order valence-corrected chi connectivity index (χ0v) is 13.1. The highest BCUT2D eigenvalue weighted by atomic mass is 79.9. The molecule has 98 valence electrons. The molecule has 1 fully saturated rings. The Balaban J connectivity index is 2.36. The molecule has 1 heterocycles. The molecule has 1 saturated heterocycles. The smallest absolute Gasteiger partial charge is 0.227 e. The van der Waals surface area contributed by atoms with Crippen molar-refractivity contribution in [1.29, 1.82) is 0 Å². The number of halogens is 2. The van der Waals surface area contributed by atoms with Crippen molar-refractivity contribution >= 4 is 51.8 Å². The van der Waals surface area contributed by atoms with Gasteiger partial charge in [0.25, 0.3) is 0 Å². The van der Waals surface area contributed by atoms with Gasteiger partial charge >= 0.3 is 0 Å². The van der Waals surface area contributed by atoms with Crippen LogP contribution in [0.25, 0.3) is 0 Å². The van der Waals surface area contributed by atoms with Crippen molar-refractivity contribution < 1.29 is 9.53 Å². The second-order valence-electron chi connectivity index (χ2n) is 4.20. The van der Waals surface area contributed by atoms with Crippen LogP contribution in [0.15, 0.2) is 16.6 Å². The van der Waals surface area contributed by atoms with Crippen molar-refractivity contribution in [3.63, 3.8) is 0 Å². The van der Waals surface area contributed by atoms with E-state index in [1.165, 1.54) is 0 Å². The van der Waals surface area contributed by atoms with Crippen molar-refractivity contribution in [2.45, 2.75) is 6.42 Å². The van der Waals surface area contributed by atoms with Gasteiger partial charge in [-0.1, -0.05) is 11.6 Å². The molecule has 6 heteroatoms. The third kappa shape index (κ3) is 2.63. The van der Waals surface area contributed by atoms with E-state index in [1.54, 1.807) is 24.1 Å². The molecule has 1 aromatic rings. The van der Waals surface area contributed by atoms with Crippen molar-refractivity contribution in [3.05, 3.63) is 21.6 Å². The van der Waals surface area contributed by atoms with Crippen LogP contribution in [0.1, 0.15) is 6.42 Å². The van der Waals surface area contributed by atoms with Crippen LogP contribution < -0.4 is 9.64 Å². The summed E-state index contributed by atoms with van der Waals surface area (Å²) < 4.78 is 6.00. The number of rotatable bonds is 3. The fraction of sp³-hybridized carbons (Fsp3) is 0.417. The van der Waals surface area contributed by atoms with E-state index in [1.807, 2.05) is 0 Å². The van der Waals surface area contributed by atoms with Crippen LogP contribution in [0.3, 0.4) is 0 Å². The summed E-state index contributed by atoms with van der Waals surface area (Å²) in [7, 11) is 1.58. The summed E-state index contributed by atoms with van der Waals surface area (Å²) in [5.41, 5.74) is 0.700. The highest BCUT2D eigenvalue weighted by Crippen LogP contribution is 2.38. The van der Waals surface area contributed by atoms with E-state index < -0.39 is 0 Å². The molecular weight excluding hydrogens is 338 g/mol. The minimum Gasteiger partial charge on any atom is -0.495 e. The maximum atomic E-state index is 12.0. The third-order valence-electron chi connectivity index (χ3n) is 2.98. The molecule has 1 aliphatic heterocycles. The minimum atomic E-state index is 0.0836. The normalized spacial score (nSPS) is 19.4. The topological polar surface area (TPSA) is 29.5 Å². The zero-order valence-electron chi connectivity index (χ0n) is 9.82. The lowest BCUT2D eigenvalue weighted by Crippen LogP contribution is -2.25. The zero-order chi connectivity index (χ0) is 13.3. The molecule has 0 N–H and O–H groups in total. The molecule has 0 spiro atoms. The van der Waals surface area contributed by atoms with E-state index in [9.17, 15) is 4.79 Å². The molecule has 0 aromatic heterocycles. The molecule has 1 atom stereocenters. The molecule has 0 radical (unpaired) electrons. The Morgan fingerprint density at radius 1 is 1.61 bits per heavy atom. The second-order valence-corrected chi connectivity index (χ2v) is 5.82. The largest absolute Gasteiger partial charge is 0.495 e. The van der Waals surface area contributed by atoms with E-state index in [4.69, 9.17) is 16.3 Å². The Kier molecular flexibility index (Phi) is 4.45. The number of nitrogens with zero attached hydrogens (tertiary/aromatic N) is 1. The quantitative estimate of drug-likeness (QED) is 0.847. The van der Waals surface area contributed by atoms with Gasteiger partial charge in [0.2, 0.25) is 5.91 Å². The first kappa shape index (κ1) is 14.0. The fourth-order valence-electron chi connectivity index (χ4n) is 2.02. The lowest BCUT2D eigenvalue weighted by molar-refractivity contribution is -0.117. The number of carbonyl (C=O) groups is 1. The predicted octanol–water partition coefficient (Wildman–Crippen LogP) is 3.39. The van der Waals surface area contributed by atoms with Crippen molar-refractivity contribution in [1.82, 2.24) is 0 Å². The van der Waals surface area contributed by atoms with Gasteiger partial charge in [-0.2, -0.15) is 12.6 Å². The summed E-state index contributed by atoms with van der Waals surface area (Å²) >= 11 is 13.8. The SMILES string of the molecule is COc1cc(N2CC(CS)CC2=O)c(Cl)cc1Br. The second kappa shape index (κ2) is 5.72. The Labute approximate surface area is 125 Å². The summed E-state index contributed by atoms with van der Waals surface area (Å²) in [6, 6.07) is 3.53. The van der Waals surface area contributed by atoms with Gasteiger partial charge in [-0.25, -0.2) is 0 Å². The van der Waals surface area contributed by atoms with E-state index in [2.05, 4.69) is 28.6 Å². The molecule has 0 aliphatic carbocycles. The van der Waals surface area contributed by atoms with E-state index in [0.29, 0.717) is 35.2 Å². The first-order valence-electron chi connectivity index (χ1n) is 5.51. The molecule has 1 amide bonds. The summed E-state index contributed by atoms with van der Waals surface area (Å²) in [6.07, 6.45) is 0.526. The first-order chi connectivity index (χ1) is 8.56. The average molecular weight is 351 g/mol. The maximum Gasteiger partial charge on any atom is 0.227 e. The molecular formula is C12H13BrClNO2S. The summed E-state index contributed by atoms with van der Waals surface area (Å²) in [6.45, 7) is 0.660. The predicted molar refractivity (Wildman–Crippen MR) is 80.0 cm³/mol. The Bertz CT molecular complexity index is 483. The Hall–Kier alpha value is -0.390. The van der Waals surface area contributed by atoms with E-state index in [-0.39, 0.29) is 11.8 Å². The van der Waals surface area contributed by atoms with Crippen molar-refractivity contribution in [2.24, 2.45) is 5.92 Å². The van der Waals surface area contributed by atoms with Gasteiger partial charge < -0.3 is 9.64 Å². The maximum absolute atomic E-state index is 12.0. The number of hydrogen-bond donors (Lipinski definition) is 1. The molecule has 1 unspecified atom stereocenters. The Morgan fingerprint density at radius 2 is 2.33 bits per heavy atom. The number of benzene rings is 1. The minimum absolute atomic E-state index is 0.0836. The van der Waals surface area contributed by atoms with Gasteiger partial charge in [-0.3, -0.25) is 4.79 Å². The lowest BCUT2D eigenvalue weighted by atomic mass is 10.1. The van der Waals surface area contributed by atoms with Gasteiger partial charge in [0, 0.05) is 19.0 Å². The monoisotopic (exact) mass is 349 g/mol. The van der Waals surface area contributed by atoms with Crippen LogP contribution in [-0.2, 0) is 4.79 Å². The highest BCUT2D eigenvalue weighted by molar-refractivity contribution is 9.10. The van der Waals surface area contributed by atoms with Crippen LogP contribution >= 0.6 is 40.2 Å². The number of methoxy groups -OCH3 is 1. The number of amides is 1. The molecule has 1 aromatic carbocycles. The number of hydrogen-bond acceptors (Lipinski definition) is 3. The molecule has 18 heavy (non-hydrogen) atoms. The third-order valence-corrected chi connectivity index (χ3v) is 4.41. The van der Waals surface area contributed by atoms with Crippen LogP contribution in [-0.4, -0.2) is 25.3 Å². The van der Waals surface area contributed by atoms with Crippen LogP contribution in [0.2, 0.25) is 5.02 Å². The average Bonchev–Trinajstić information content (AvgIpc) is 2.71. The van der Waals surface area contributed by atoms with Gasteiger partial charge in [-0.15, -0.1) is 0 Å². The van der Waals surface area contributed by atoms with E-state index in [0.717, 1.165) is 4.47 Å². The van der Waals surface area contributed by atoms with Crippen LogP contribution in [0, 0.1) is 5.92 Å². The highest BCUT2D eigenvalue weighted by Gasteiger charge is 2.31. The molecule has 2 rings (SSSR count). The van der Waals surface area contributed by atoms with Crippen LogP contribution in [0.4, 0.5) is 5.69 Å².